The Morgan fingerprint density at radius 1 is 1.28 bits per heavy atom. The summed E-state index contributed by atoms with van der Waals surface area (Å²) in [6, 6.07) is 3.61. The molecule has 0 radical (unpaired) electrons. The van der Waals surface area contributed by atoms with Crippen molar-refractivity contribution in [2.45, 2.75) is 39.7 Å². The molecule has 1 aromatic rings. The smallest absolute Gasteiger partial charge is 0.328 e. The highest BCUT2D eigenvalue weighted by molar-refractivity contribution is 5.85. The van der Waals surface area contributed by atoms with Crippen LogP contribution in [-0.2, 0) is 4.79 Å². The molecule has 1 heterocycles. The molecule has 4 nitrogen and oxygen atoms in total. The first-order valence-electron chi connectivity index (χ1n) is 6.01. The summed E-state index contributed by atoms with van der Waals surface area (Å²) in [5, 5.41) is 8.59. The van der Waals surface area contributed by atoms with Gasteiger partial charge in [0.25, 0.3) is 5.56 Å². The minimum Gasteiger partial charge on any atom is -0.478 e. The van der Waals surface area contributed by atoms with E-state index in [-0.39, 0.29) is 17.5 Å². The summed E-state index contributed by atoms with van der Waals surface area (Å²) < 4.78 is 1.71. The second-order valence-electron chi connectivity index (χ2n) is 4.81. The van der Waals surface area contributed by atoms with Gasteiger partial charge in [-0.25, -0.2) is 4.79 Å². The van der Waals surface area contributed by atoms with Crippen LogP contribution in [0.5, 0.6) is 0 Å². The third-order valence-electron chi connectivity index (χ3n) is 2.69. The Labute approximate surface area is 107 Å². The van der Waals surface area contributed by atoms with E-state index in [1.807, 2.05) is 33.8 Å². The summed E-state index contributed by atoms with van der Waals surface area (Å²) in [6.45, 7) is 7.94. The Balaban J connectivity index is 3.40. The normalized spacial score (nSPS) is 11.7. The quantitative estimate of drug-likeness (QED) is 0.834. The maximum Gasteiger partial charge on any atom is 0.328 e. The van der Waals surface area contributed by atoms with Crippen LogP contribution in [0.15, 0.2) is 23.0 Å². The summed E-state index contributed by atoms with van der Waals surface area (Å²) in [5.74, 6) is -0.809. The minimum absolute atomic E-state index is 0.0491. The second kappa shape index (κ2) is 5.67. The van der Waals surface area contributed by atoms with Crippen LogP contribution in [0.25, 0.3) is 6.08 Å². The van der Waals surface area contributed by atoms with Gasteiger partial charge in [0.2, 0.25) is 0 Å². The number of aliphatic carboxylic acids is 1. The molecule has 0 aliphatic carbocycles. The molecule has 0 saturated carbocycles. The van der Waals surface area contributed by atoms with Gasteiger partial charge in [-0.1, -0.05) is 13.8 Å². The van der Waals surface area contributed by atoms with Gasteiger partial charge in [0.1, 0.15) is 0 Å². The van der Waals surface area contributed by atoms with Crippen LogP contribution in [0.2, 0.25) is 0 Å². The largest absolute Gasteiger partial charge is 0.478 e. The van der Waals surface area contributed by atoms with Crippen molar-refractivity contribution in [2.75, 3.05) is 0 Å². The molecule has 0 bridgehead atoms. The molecular weight excluding hydrogens is 230 g/mol. The second-order valence-corrected chi connectivity index (χ2v) is 4.81. The molecule has 0 fully saturated rings. The van der Waals surface area contributed by atoms with Gasteiger partial charge in [-0.3, -0.25) is 4.79 Å². The molecule has 4 heteroatoms. The van der Waals surface area contributed by atoms with Crippen LogP contribution < -0.4 is 5.56 Å². The Kier molecular flexibility index (Phi) is 4.48. The summed E-state index contributed by atoms with van der Waals surface area (Å²) in [6.07, 6.45) is 2.32. The summed E-state index contributed by atoms with van der Waals surface area (Å²) in [4.78, 5) is 22.7. The molecule has 0 unspecified atom stereocenters. The fourth-order valence-corrected chi connectivity index (χ4v) is 1.87. The van der Waals surface area contributed by atoms with E-state index in [1.165, 1.54) is 6.08 Å². The molecule has 18 heavy (non-hydrogen) atoms. The third-order valence-corrected chi connectivity index (χ3v) is 2.69. The maximum atomic E-state index is 12.3. The number of carboxylic acid groups (broad SMARTS) is 1. The molecule has 1 N–H and O–H groups in total. The first-order valence-corrected chi connectivity index (χ1v) is 6.01. The van der Waals surface area contributed by atoms with Crippen LogP contribution in [0.3, 0.4) is 0 Å². The summed E-state index contributed by atoms with van der Waals surface area (Å²) in [7, 11) is 0. The lowest BCUT2D eigenvalue weighted by Crippen LogP contribution is -2.27. The molecule has 1 aromatic heterocycles. The van der Waals surface area contributed by atoms with Gasteiger partial charge in [0.15, 0.2) is 0 Å². The molecule has 1 rings (SSSR count). The van der Waals surface area contributed by atoms with E-state index in [0.29, 0.717) is 5.56 Å². The van der Waals surface area contributed by atoms with Crippen molar-refractivity contribution in [1.29, 1.82) is 0 Å². The molecule has 0 aliphatic heterocycles. The third kappa shape index (κ3) is 3.09. The van der Waals surface area contributed by atoms with Gasteiger partial charge < -0.3 is 9.67 Å². The Morgan fingerprint density at radius 3 is 2.33 bits per heavy atom. The van der Waals surface area contributed by atoms with E-state index >= 15 is 0 Å². The molecule has 0 aromatic carbocycles. The van der Waals surface area contributed by atoms with E-state index in [1.54, 1.807) is 10.6 Å². The molecular formula is C14H19NO3. The number of carboxylic acids is 1. The van der Waals surface area contributed by atoms with Crippen LogP contribution in [0, 0.1) is 0 Å². The standard InChI is InChI=1S/C14H19NO3/c1-9(2)12-7-5-11(6-8-13(16)17)14(18)15(12)10(3)4/h5-10H,1-4H3,(H,16,17)/b8-6+. The average molecular weight is 249 g/mol. The van der Waals surface area contributed by atoms with Crippen LogP contribution >= 0.6 is 0 Å². The van der Waals surface area contributed by atoms with E-state index in [2.05, 4.69) is 0 Å². The summed E-state index contributed by atoms with van der Waals surface area (Å²) in [5.41, 5.74) is 1.21. The SMILES string of the molecule is CC(C)c1ccc(/C=C/C(=O)O)c(=O)n1C(C)C. The van der Waals surface area contributed by atoms with Crippen molar-refractivity contribution >= 4 is 12.0 Å². The Hall–Kier alpha value is -1.84. The monoisotopic (exact) mass is 249 g/mol. The maximum absolute atomic E-state index is 12.3. The molecule has 0 atom stereocenters. The lowest BCUT2D eigenvalue weighted by molar-refractivity contribution is -0.131. The molecule has 98 valence electrons. The Bertz CT molecular complexity index is 524. The zero-order chi connectivity index (χ0) is 13.9. The Morgan fingerprint density at radius 2 is 1.89 bits per heavy atom. The highest BCUT2D eigenvalue weighted by Gasteiger charge is 2.12. The van der Waals surface area contributed by atoms with E-state index in [0.717, 1.165) is 11.8 Å². The fraction of sp³-hybridized carbons (Fsp3) is 0.429. The van der Waals surface area contributed by atoms with Crippen molar-refractivity contribution in [2.24, 2.45) is 0 Å². The topological polar surface area (TPSA) is 59.3 Å². The van der Waals surface area contributed by atoms with Crippen molar-refractivity contribution in [1.82, 2.24) is 4.57 Å². The number of aromatic nitrogens is 1. The first kappa shape index (κ1) is 14.2. The fourth-order valence-electron chi connectivity index (χ4n) is 1.87. The number of hydrogen-bond donors (Lipinski definition) is 1. The summed E-state index contributed by atoms with van der Waals surface area (Å²) >= 11 is 0. The molecule has 0 spiro atoms. The van der Waals surface area contributed by atoms with Gasteiger partial charge >= 0.3 is 5.97 Å². The van der Waals surface area contributed by atoms with Crippen molar-refractivity contribution < 1.29 is 9.90 Å². The molecule has 0 saturated heterocycles. The van der Waals surface area contributed by atoms with Crippen molar-refractivity contribution in [3.05, 3.63) is 39.8 Å². The number of hydrogen-bond acceptors (Lipinski definition) is 2. The zero-order valence-corrected chi connectivity index (χ0v) is 11.2. The van der Waals surface area contributed by atoms with E-state index in [4.69, 9.17) is 5.11 Å². The minimum atomic E-state index is -1.06. The number of carbonyl (C=O) groups is 1. The number of rotatable bonds is 4. The highest BCUT2D eigenvalue weighted by Crippen LogP contribution is 2.17. The predicted octanol–water partition coefficient (Wildman–Crippen LogP) is 2.65. The van der Waals surface area contributed by atoms with Crippen LogP contribution in [-0.4, -0.2) is 15.6 Å². The van der Waals surface area contributed by atoms with Gasteiger partial charge in [-0.2, -0.15) is 0 Å². The highest BCUT2D eigenvalue weighted by atomic mass is 16.4. The van der Waals surface area contributed by atoms with Gasteiger partial charge in [-0.05, 0) is 38.0 Å². The zero-order valence-electron chi connectivity index (χ0n) is 11.2. The first-order chi connectivity index (χ1) is 8.34. The van der Waals surface area contributed by atoms with E-state index < -0.39 is 5.97 Å². The predicted molar refractivity (Wildman–Crippen MR) is 71.8 cm³/mol. The van der Waals surface area contributed by atoms with Crippen molar-refractivity contribution in [3.63, 3.8) is 0 Å². The number of pyridine rings is 1. The molecule has 0 aliphatic rings. The lowest BCUT2D eigenvalue weighted by atomic mass is 10.1. The molecule has 0 amide bonds. The van der Waals surface area contributed by atoms with Crippen LogP contribution in [0.1, 0.15) is 50.9 Å². The average Bonchev–Trinajstić information content (AvgIpc) is 2.25. The lowest BCUT2D eigenvalue weighted by Gasteiger charge is -2.19. The van der Waals surface area contributed by atoms with E-state index in [9.17, 15) is 9.59 Å². The van der Waals surface area contributed by atoms with Crippen LogP contribution in [0.4, 0.5) is 0 Å². The number of nitrogens with zero attached hydrogens (tertiary/aromatic N) is 1. The van der Waals surface area contributed by atoms with Gasteiger partial charge in [0, 0.05) is 23.4 Å². The van der Waals surface area contributed by atoms with Gasteiger partial charge in [0.05, 0.1) is 0 Å². The van der Waals surface area contributed by atoms with Gasteiger partial charge in [-0.15, -0.1) is 0 Å². The van der Waals surface area contributed by atoms with Crippen molar-refractivity contribution in [3.8, 4) is 0 Å².